The first-order valence-electron chi connectivity index (χ1n) is 9.13. The molecule has 2 N–H and O–H groups in total. The first-order valence-corrected chi connectivity index (χ1v) is 9.13. The Morgan fingerprint density at radius 2 is 2.00 bits per heavy atom. The van der Waals surface area contributed by atoms with Crippen LogP contribution in [0.5, 0.6) is 5.75 Å². The van der Waals surface area contributed by atoms with Crippen molar-refractivity contribution in [2.24, 2.45) is 5.92 Å². The zero-order valence-electron chi connectivity index (χ0n) is 15.3. The molecular formula is C20H24N2O5. The van der Waals surface area contributed by atoms with Gasteiger partial charge in [-0.3, -0.25) is 9.69 Å². The van der Waals surface area contributed by atoms with Crippen LogP contribution in [0.2, 0.25) is 0 Å². The van der Waals surface area contributed by atoms with Crippen molar-refractivity contribution in [2.75, 3.05) is 25.0 Å². The molecule has 0 spiro atoms. The van der Waals surface area contributed by atoms with E-state index in [0.29, 0.717) is 43.0 Å². The highest BCUT2D eigenvalue weighted by molar-refractivity contribution is 5.94. The van der Waals surface area contributed by atoms with Crippen molar-refractivity contribution < 1.29 is 23.8 Å². The SMILES string of the molecule is CCOC(=O)c1ccoc1CN1CCC(C(=O)Nc2ccccc2O)CC1. The largest absolute Gasteiger partial charge is 0.506 e. The molecule has 0 unspecified atom stereocenters. The minimum absolute atomic E-state index is 0.0626. The second kappa shape index (κ2) is 8.73. The van der Waals surface area contributed by atoms with Crippen LogP contribution in [0.25, 0.3) is 0 Å². The number of furan rings is 1. The number of phenols is 1. The standard InChI is InChI=1S/C20H24N2O5/c1-2-26-20(25)15-9-12-27-18(15)13-22-10-7-14(8-11-22)19(24)21-16-5-3-4-6-17(16)23/h3-6,9,12,14,23H,2,7-8,10-11,13H2,1H3,(H,21,24). The molecule has 0 bridgehead atoms. The number of phenolic OH excluding ortho intramolecular Hbond substituents is 1. The Balaban J connectivity index is 1.52. The van der Waals surface area contributed by atoms with Gasteiger partial charge in [-0.15, -0.1) is 0 Å². The van der Waals surface area contributed by atoms with Gasteiger partial charge in [0.05, 0.1) is 25.1 Å². The fraction of sp³-hybridized carbons (Fsp3) is 0.400. The molecule has 1 aromatic heterocycles. The molecule has 1 amide bonds. The molecule has 7 heteroatoms. The number of benzene rings is 1. The molecule has 1 aromatic carbocycles. The lowest BCUT2D eigenvalue weighted by molar-refractivity contribution is -0.121. The summed E-state index contributed by atoms with van der Waals surface area (Å²) in [5, 5.41) is 12.6. The van der Waals surface area contributed by atoms with Crippen molar-refractivity contribution in [3.8, 4) is 5.75 Å². The number of para-hydroxylation sites is 2. The van der Waals surface area contributed by atoms with Crippen molar-refractivity contribution >= 4 is 17.6 Å². The van der Waals surface area contributed by atoms with Crippen molar-refractivity contribution in [1.82, 2.24) is 4.90 Å². The van der Waals surface area contributed by atoms with E-state index in [2.05, 4.69) is 10.2 Å². The summed E-state index contributed by atoms with van der Waals surface area (Å²) in [4.78, 5) is 26.5. The molecule has 0 saturated carbocycles. The molecule has 0 atom stereocenters. The molecule has 144 valence electrons. The number of carbonyl (C=O) groups excluding carboxylic acids is 2. The second-order valence-corrected chi connectivity index (χ2v) is 6.53. The summed E-state index contributed by atoms with van der Waals surface area (Å²) in [7, 11) is 0. The summed E-state index contributed by atoms with van der Waals surface area (Å²) in [6.07, 6.45) is 2.90. The molecule has 7 nitrogen and oxygen atoms in total. The smallest absolute Gasteiger partial charge is 0.341 e. The van der Waals surface area contributed by atoms with Gasteiger partial charge in [-0.25, -0.2) is 4.79 Å². The van der Waals surface area contributed by atoms with Gasteiger partial charge in [0.25, 0.3) is 0 Å². The fourth-order valence-electron chi connectivity index (χ4n) is 3.22. The van der Waals surface area contributed by atoms with Crippen LogP contribution >= 0.6 is 0 Å². The van der Waals surface area contributed by atoms with Gasteiger partial charge >= 0.3 is 5.97 Å². The molecule has 2 heterocycles. The Morgan fingerprint density at radius 3 is 2.70 bits per heavy atom. The van der Waals surface area contributed by atoms with Crippen molar-refractivity contribution in [1.29, 1.82) is 0 Å². The number of ether oxygens (including phenoxy) is 1. The summed E-state index contributed by atoms with van der Waals surface area (Å²) in [5.74, 6) is 0.0830. The van der Waals surface area contributed by atoms with E-state index in [0.717, 1.165) is 13.1 Å². The topological polar surface area (TPSA) is 92.0 Å². The van der Waals surface area contributed by atoms with Gasteiger partial charge in [0.2, 0.25) is 5.91 Å². The zero-order valence-corrected chi connectivity index (χ0v) is 15.3. The van der Waals surface area contributed by atoms with Crippen LogP contribution in [0.4, 0.5) is 5.69 Å². The maximum Gasteiger partial charge on any atom is 0.341 e. The predicted molar refractivity (Wildman–Crippen MR) is 99.4 cm³/mol. The van der Waals surface area contributed by atoms with Crippen molar-refractivity contribution in [3.63, 3.8) is 0 Å². The number of piperidine rings is 1. The van der Waals surface area contributed by atoms with Gasteiger partial charge in [-0.2, -0.15) is 0 Å². The Morgan fingerprint density at radius 1 is 1.26 bits per heavy atom. The van der Waals surface area contributed by atoms with E-state index in [-0.39, 0.29) is 23.5 Å². The third-order valence-electron chi connectivity index (χ3n) is 4.73. The lowest BCUT2D eigenvalue weighted by Gasteiger charge is -2.30. The van der Waals surface area contributed by atoms with E-state index in [1.165, 1.54) is 6.26 Å². The van der Waals surface area contributed by atoms with Gasteiger partial charge < -0.3 is 19.6 Å². The number of aromatic hydroxyl groups is 1. The minimum Gasteiger partial charge on any atom is -0.506 e. The third-order valence-corrected chi connectivity index (χ3v) is 4.73. The quantitative estimate of drug-likeness (QED) is 0.598. The molecule has 1 aliphatic heterocycles. The molecule has 2 aromatic rings. The summed E-state index contributed by atoms with van der Waals surface area (Å²) in [6.45, 7) is 4.04. The molecule has 3 rings (SSSR count). The maximum absolute atomic E-state index is 12.4. The Kier molecular flexibility index (Phi) is 6.13. The highest BCUT2D eigenvalue weighted by Gasteiger charge is 2.27. The van der Waals surface area contributed by atoms with Crippen LogP contribution in [0, 0.1) is 5.92 Å². The number of hydrogen-bond acceptors (Lipinski definition) is 6. The molecule has 0 radical (unpaired) electrons. The minimum atomic E-state index is -0.377. The van der Waals surface area contributed by atoms with Crippen LogP contribution in [0.15, 0.2) is 41.0 Å². The second-order valence-electron chi connectivity index (χ2n) is 6.53. The summed E-state index contributed by atoms with van der Waals surface area (Å²) in [6, 6.07) is 8.32. The number of carbonyl (C=O) groups is 2. The molecular weight excluding hydrogens is 348 g/mol. The zero-order chi connectivity index (χ0) is 19.2. The molecule has 27 heavy (non-hydrogen) atoms. The fourth-order valence-corrected chi connectivity index (χ4v) is 3.22. The van der Waals surface area contributed by atoms with Crippen LogP contribution in [-0.2, 0) is 16.1 Å². The van der Waals surface area contributed by atoms with E-state index >= 15 is 0 Å². The van der Waals surface area contributed by atoms with Crippen LogP contribution in [-0.4, -0.2) is 41.6 Å². The molecule has 1 aliphatic rings. The molecule has 1 saturated heterocycles. The monoisotopic (exact) mass is 372 g/mol. The predicted octanol–water partition coefficient (Wildman–Crippen LogP) is 3.01. The molecule has 1 fully saturated rings. The van der Waals surface area contributed by atoms with E-state index in [1.54, 1.807) is 37.3 Å². The number of anilines is 1. The number of nitrogens with one attached hydrogen (secondary N) is 1. The number of amides is 1. The first kappa shape index (κ1) is 19.0. The average molecular weight is 372 g/mol. The van der Waals surface area contributed by atoms with Crippen LogP contribution in [0.3, 0.4) is 0 Å². The maximum atomic E-state index is 12.4. The number of esters is 1. The number of hydrogen-bond donors (Lipinski definition) is 2. The van der Waals surface area contributed by atoms with Crippen LogP contribution in [0.1, 0.15) is 35.9 Å². The van der Waals surface area contributed by atoms with E-state index in [1.807, 2.05) is 0 Å². The Labute approximate surface area is 157 Å². The highest BCUT2D eigenvalue weighted by Crippen LogP contribution is 2.25. The summed E-state index contributed by atoms with van der Waals surface area (Å²) >= 11 is 0. The van der Waals surface area contributed by atoms with Gasteiger partial charge in [0.15, 0.2) is 0 Å². The normalized spacial score (nSPS) is 15.4. The van der Waals surface area contributed by atoms with Gasteiger partial charge in [0, 0.05) is 5.92 Å². The lowest BCUT2D eigenvalue weighted by atomic mass is 9.95. The molecule has 0 aliphatic carbocycles. The van der Waals surface area contributed by atoms with E-state index in [4.69, 9.17) is 9.15 Å². The highest BCUT2D eigenvalue weighted by atomic mass is 16.5. The lowest BCUT2D eigenvalue weighted by Crippen LogP contribution is -2.38. The van der Waals surface area contributed by atoms with Gasteiger partial charge in [-0.1, -0.05) is 12.1 Å². The van der Waals surface area contributed by atoms with E-state index in [9.17, 15) is 14.7 Å². The Bertz CT molecular complexity index is 793. The number of nitrogens with zero attached hydrogens (tertiary/aromatic N) is 1. The third kappa shape index (κ3) is 4.68. The van der Waals surface area contributed by atoms with Crippen LogP contribution < -0.4 is 5.32 Å². The number of rotatable bonds is 6. The van der Waals surface area contributed by atoms with Gasteiger partial charge in [-0.05, 0) is 51.1 Å². The average Bonchev–Trinajstić information content (AvgIpc) is 3.12. The summed E-state index contributed by atoms with van der Waals surface area (Å²) < 4.78 is 10.5. The summed E-state index contributed by atoms with van der Waals surface area (Å²) in [5.41, 5.74) is 0.885. The van der Waals surface area contributed by atoms with E-state index < -0.39 is 0 Å². The van der Waals surface area contributed by atoms with Crippen molar-refractivity contribution in [3.05, 3.63) is 47.9 Å². The van der Waals surface area contributed by atoms with Gasteiger partial charge in [0.1, 0.15) is 17.1 Å². The van der Waals surface area contributed by atoms with Crippen molar-refractivity contribution in [2.45, 2.75) is 26.3 Å². The number of likely N-dealkylation sites (tertiary alicyclic amines) is 1. The Hall–Kier alpha value is -2.80. The first-order chi connectivity index (χ1) is 13.1.